The topological polar surface area (TPSA) is 73.6 Å². The number of methoxy groups -OCH3 is 1. The summed E-state index contributed by atoms with van der Waals surface area (Å²) in [6.07, 6.45) is 0. The maximum Gasteiger partial charge on any atom is 0.251 e. The van der Waals surface area contributed by atoms with Crippen molar-refractivity contribution < 1.29 is 18.8 Å². The molecule has 0 unspecified atom stereocenters. The molecule has 1 amide bonds. The molecule has 0 radical (unpaired) electrons. The number of hydrogen-bond donors (Lipinski definition) is 1. The first kappa shape index (κ1) is 19.5. The molecule has 6 nitrogen and oxygen atoms in total. The van der Waals surface area contributed by atoms with Gasteiger partial charge < -0.3 is 19.3 Å². The molecule has 1 heterocycles. The summed E-state index contributed by atoms with van der Waals surface area (Å²) in [6.45, 7) is 6.06. The second-order valence-electron chi connectivity index (χ2n) is 6.58. The van der Waals surface area contributed by atoms with E-state index in [2.05, 4.69) is 10.5 Å². The summed E-state index contributed by atoms with van der Waals surface area (Å²) in [7, 11) is 1.63. The van der Waals surface area contributed by atoms with Gasteiger partial charge in [0.25, 0.3) is 5.91 Å². The van der Waals surface area contributed by atoms with Crippen LogP contribution in [0.5, 0.6) is 11.5 Å². The minimum Gasteiger partial charge on any atom is -0.497 e. The monoisotopic (exact) mass is 380 g/mol. The van der Waals surface area contributed by atoms with E-state index in [4.69, 9.17) is 14.0 Å². The van der Waals surface area contributed by atoms with Crippen LogP contribution in [0.4, 0.5) is 0 Å². The number of ether oxygens (including phenoxy) is 2. The molecule has 0 fully saturated rings. The van der Waals surface area contributed by atoms with Crippen molar-refractivity contribution in [1.82, 2.24) is 10.5 Å². The fraction of sp³-hybridized carbons (Fsp3) is 0.273. The molecule has 28 heavy (non-hydrogen) atoms. The van der Waals surface area contributed by atoms with Crippen LogP contribution in [-0.4, -0.2) is 18.2 Å². The molecule has 0 spiro atoms. The number of benzene rings is 2. The van der Waals surface area contributed by atoms with Crippen molar-refractivity contribution in [2.24, 2.45) is 0 Å². The second kappa shape index (κ2) is 8.61. The Morgan fingerprint density at radius 2 is 1.71 bits per heavy atom. The first-order valence-electron chi connectivity index (χ1n) is 9.07. The van der Waals surface area contributed by atoms with Crippen molar-refractivity contribution in [3.05, 3.63) is 76.7 Å². The number of carbonyl (C=O) groups excluding carboxylic acids is 1. The van der Waals surface area contributed by atoms with Crippen LogP contribution in [0, 0.1) is 13.8 Å². The van der Waals surface area contributed by atoms with Gasteiger partial charge in [0.1, 0.15) is 23.9 Å². The third kappa shape index (κ3) is 4.52. The van der Waals surface area contributed by atoms with Gasteiger partial charge >= 0.3 is 0 Å². The molecule has 3 aromatic rings. The van der Waals surface area contributed by atoms with E-state index in [9.17, 15) is 4.79 Å². The van der Waals surface area contributed by atoms with Crippen molar-refractivity contribution >= 4 is 5.91 Å². The van der Waals surface area contributed by atoms with Gasteiger partial charge in [-0.25, -0.2) is 0 Å². The molecule has 146 valence electrons. The number of carbonyl (C=O) groups is 1. The number of nitrogens with one attached hydrogen (secondary N) is 1. The number of aryl methyl sites for hydroxylation is 2. The van der Waals surface area contributed by atoms with Crippen LogP contribution in [-0.2, 0) is 6.61 Å². The zero-order valence-electron chi connectivity index (χ0n) is 16.5. The van der Waals surface area contributed by atoms with Crippen LogP contribution >= 0.6 is 0 Å². The minimum absolute atomic E-state index is 0.117. The molecule has 2 aromatic carbocycles. The highest BCUT2D eigenvalue weighted by Crippen LogP contribution is 2.20. The zero-order valence-corrected chi connectivity index (χ0v) is 16.5. The van der Waals surface area contributed by atoms with Crippen LogP contribution in [0.1, 0.15) is 45.9 Å². The Kier molecular flexibility index (Phi) is 5.99. The Bertz CT molecular complexity index is 911. The lowest BCUT2D eigenvalue weighted by atomic mass is 10.1. The highest BCUT2D eigenvalue weighted by Gasteiger charge is 2.13. The molecule has 6 heteroatoms. The van der Waals surface area contributed by atoms with Gasteiger partial charge in [0, 0.05) is 5.56 Å². The molecule has 1 atom stereocenters. The molecule has 0 saturated carbocycles. The van der Waals surface area contributed by atoms with E-state index in [1.807, 2.05) is 45.0 Å². The Labute approximate surface area is 164 Å². The highest BCUT2D eigenvalue weighted by atomic mass is 16.5. The van der Waals surface area contributed by atoms with E-state index in [0.29, 0.717) is 17.9 Å². The van der Waals surface area contributed by atoms with Gasteiger partial charge in [-0.1, -0.05) is 17.3 Å². The van der Waals surface area contributed by atoms with Crippen LogP contribution in [0.15, 0.2) is 53.1 Å². The van der Waals surface area contributed by atoms with Gasteiger partial charge in [-0.2, -0.15) is 0 Å². The van der Waals surface area contributed by atoms with Gasteiger partial charge in [-0.05, 0) is 62.7 Å². The van der Waals surface area contributed by atoms with E-state index < -0.39 is 0 Å². The summed E-state index contributed by atoms with van der Waals surface area (Å²) < 4.78 is 16.1. The van der Waals surface area contributed by atoms with E-state index in [1.54, 1.807) is 31.4 Å². The van der Waals surface area contributed by atoms with Crippen LogP contribution in [0.25, 0.3) is 0 Å². The minimum atomic E-state index is -0.138. The molecule has 1 aromatic heterocycles. The summed E-state index contributed by atoms with van der Waals surface area (Å²) >= 11 is 0. The van der Waals surface area contributed by atoms with Crippen molar-refractivity contribution in [2.75, 3.05) is 7.11 Å². The molecule has 0 aliphatic rings. The molecule has 1 N–H and O–H groups in total. The summed E-state index contributed by atoms with van der Waals surface area (Å²) in [5.41, 5.74) is 3.34. The average molecular weight is 380 g/mol. The number of amides is 1. The van der Waals surface area contributed by atoms with Crippen molar-refractivity contribution in [1.29, 1.82) is 0 Å². The number of hydrogen-bond acceptors (Lipinski definition) is 5. The van der Waals surface area contributed by atoms with Crippen molar-refractivity contribution in [2.45, 2.75) is 33.4 Å². The lowest BCUT2D eigenvalue weighted by Crippen LogP contribution is -2.26. The van der Waals surface area contributed by atoms with Crippen molar-refractivity contribution in [3.63, 3.8) is 0 Å². The van der Waals surface area contributed by atoms with E-state index in [0.717, 1.165) is 28.3 Å². The van der Waals surface area contributed by atoms with Gasteiger partial charge in [0.05, 0.1) is 24.4 Å². The quantitative estimate of drug-likeness (QED) is 0.659. The third-order valence-corrected chi connectivity index (χ3v) is 4.64. The Morgan fingerprint density at radius 3 is 2.29 bits per heavy atom. The molecule has 0 saturated heterocycles. The number of rotatable bonds is 7. The molecular weight excluding hydrogens is 356 g/mol. The zero-order chi connectivity index (χ0) is 20.1. The van der Waals surface area contributed by atoms with Gasteiger partial charge in [-0.3, -0.25) is 4.79 Å². The number of nitrogens with zero attached hydrogens (tertiary/aromatic N) is 1. The molecule has 0 bridgehead atoms. The lowest BCUT2D eigenvalue weighted by Gasteiger charge is -2.15. The molecule has 3 rings (SSSR count). The summed E-state index contributed by atoms with van der Waals surface area (Å²) in [5.74, 6) is 2.08. The Morgan fingerprint density at radius 1 is 1.07 bits per heavy atom. The summed E-state index contributed by atoms with van der Waals surface area (Å²) in [4.78, 5) is 12.5. The first-order chi connectivity index (χ1) is 13.5. The van der Waals surface area contributed by atoms with Crippen LogP contribution in [0.2, 0.25) is 0 Å². The standard InChI is InChI=1S/C22H24N2O4/c1-14(17-5-9-19(26-4)10-6-17)23-22(25)18-7-11-20(12-8-18)27-13-21-15(2)24-28-16(21)3/h5-12,14H,13H2,1-4H3,(H,23,25)/t14-/m0/s1. The first-order valence-corrected chi connectivity index (χ1v) is 9.07. The maximum absolute atomic E-state index is 12.5. The maximum atomic E-state index is 12.5. The third-order valence-electron chi connectivity index (χ3n) is 4.64. The molecule has 0 aliphatic heterocycles. The number of aromatic nitrogens is 1. The molecular formula is C22H24N2O4. The van der Waals surface area contributed by atoms with Crippen LogP contribution in [0.3, 0.4) is 0 Å². The fourth-order valence-electron chi connectivity index (χ4n) is 2.82. The lowest BCUT2D eigenvalue weighted by molar-refractivity contribution is 0.0940. The second-order valence-corrected chi connectivity index (χ2v) is 6.58. The van der Waals surface area contributed by atoms with Gasteiger partial charge in [-0.15, -0.1) is 0 Å². The highest BCUT2D eigenvalue weighted by molar-refractivity contribution is 5.94. The van der Waals surface area contributed by atoms with E-state index >= 15 is 0 Å². The van der Waals surface area contributed by atoms with Gasteiger partial charge in [0.15, 0.2) is 0 Å². The summed E-state index contributed by atoms with van der Waals surface area (Å²) in [6, 6.07) is 14.6. The van der Waals surface area contributed by atoms with E-state index in [-0.39, 0.29) is 11.9 Å². The smallest absolute Gasteiger partial charge is 0.251 e. The Balaban J connectivity index is 1.58. The predicted molar refractivity (Wildman–Crippen MR) is 106 cm³/mol. The average Bonchev–Trinajstić information content (AvgIpc) is 3.04. The van der Waals surface area contributed by atoms with Crippen molar-refractivity contribution in [3.8, 4) is 11.5 Å². The summed E-state index contributed by atoms with van der Waals surface area (Å²) in [5, 5.41) is 6.91. The predicted octanol–water partition coefficient (Wildman–Crippen LogP) is 4.37. The normalized spacial score (nSPS) is 11.7. The SMILES string of the molecule is COc1ccc([C@H](C)NC(=O)c2ccc(OCc3c(C)noc3C)cc2)cc1. The molecule has 0 aliphatic carbocycles. The largest absolute Gasteiger partial charge is 0.497 e. The fourth-order valence-corrected chi connectivity index (χ4v) is 2.82. The van der Waals surface area contributed by atoms with Gasteiger partial charge in [0.2, 0.25) is 0 Å². The van der Waals surface area contributed by atoms with Crippen LogP contribution < -0.4 is 14.8 Å². The Hall–Kier alpha value is -3.28. The van der Waals surface area contributed by atoms with E-state index in [1.165, 1.54) is 0 Å².